The first-order chi connectivity index (χ1) is 9.30. The van der Waals surface area contributed by atoms with Gasteiger partial charge in [-0.25, -0.2) is 13.1 Å². The van der Waals surface area contributed by atoms with Gasteiger partial charge < -0.3 is 5.11 Å². The zero-order valence-electron chi connectivity index (χ0n) is 10.5. The summed E-state index contributed by atoms with van der Waals surface area (Å²) in [5.74, 6) is 0. The zero-order valence-corrected chi connectivity index (χ0v) is 14.4. The number of benzene rings is 1. The molecule has 1 aromatic carbocycles. The lowest BCUT2D eigenvalue weighted by Crippen LogP contribution is -2.49. The van der Waals surface area contributed by atoms with Gasteiger partial charge in [-0.2, -0.15) is 0 Å². The molecule has 1 aliphatic carbocycles. The predicted molar refractivity (Wildman–Crippen MR) is 82.8 cm³/mol. The minimum atomic E-state index is -3.89. The van der Waals surface area contributed by atoms with Crippen LogP contribution in [0, 0.1) is 0 Å². The minimum Gasteiger partial charge on any atom is -0.394 e. The van der Waals surface area contributed by atoms with Gasteiger partial charge in [0.15, 0.2) is 0 Å². The van der Waals surface area contributed by atoms with Gasteiger partial charge >= 0.3 is 0 Å². The normalized spacial score (nSPS) is 18.4. The number of aliphatic hydroxyl groups excluding tert-OH is 1. The minimum absolute atomic E-state index is 0.0444. The maximum atomic E-state index is 12.5. The molecule has 4 nitrogen and oxygen atoms in total. The Morgan fingerprint density at radius 1 is 1.25 bits per heavy atom. The highest BCUT2D eigenvalue weighted by atomic mass is 79.9. The first-order valence-electron chi connectivity index (χ1n) is 6.09. The second-order valence-corrected chi connectivity index (χ2v) is 8.30. The van der Waals surface area contributed by atoms with E-state index in [1.807, 2.05) is 0 Å². The van der Waals surface area contributed by atoms with Gasteiger partial charge in [-0.05, 0) is 25.0 Å². The van der Waals surface area contributed by atoms with Crippen LogP contribution in [0.4, 0.5) is 0 Å². The Morgan fingerprint density at radius 3 is 2.20 bits per heavy atom. The van der Waals surface area contributed by atoms with E-state index in [0.29, 0.717) is 17.3 Å². The summed E-state index contributed by atoms with van der Waals surface area (Å²) in [4.78, 5) is -0.149. The third-order valence-corrected chi connectivity index (χ3v) is 6.40. The molecule has 0 heterocycles. The van der Waals surface area contributed by atoms with Crippen LogP contribution < -0.4 is 4.72 Å². The van der Waals surface area contributed by atoms with Crippen LogP contribution in [-0.4, -0.2) is 25.7 Å². The topological polar surface area (TPSA) is 66.4 Å². The van der Waals surface area contributed by atoms with Crippen molar-refractivity contribution < 1.29 is 13.5 Å². The van der Waals surface area contributed by atoms with E-state index in [1.165, 1.54) is 12.1 Å². The molecule has 112 valence electrons. The van der Waals surface area contributed by atoms with Crippen molar-refractivity contribution in [3.63, 3.8) is 0 Å². The monoisotopic (exact) mass is 401 g/mol. The fraction of sp³-hybridized carbons (Fsp3) is 0.500. The van der Waals surface area contributed by atoms with E-state index < -0.39 is 15.6 Å². The predicted octanol–water partition coefficient (Wildman–Crippen LogP) is 3.34. The highest BCUT2D eigenvalue weighted by Gasteiger charge is 2.38. The summed E-state index contributed by atoms with van der Waals surface area (Å²) in [6, 6.07) is 2.95. The molecular weight excluding hydrogens is 389 g/mol. The van der Waals surface area contributed by atoms with Gasteiger partial charge in [-0.15, -0.1) is 0 Å². The fourth-order valence-corrected chi connectivity index (χ4v) is 5.86. The average molecular weight is 403 g/mol. The first kappa shape index (κ1) is 16.5. The quantitative estimate of drug-likeness (QED) is 0.811. The number of hydrogen-bond acceptors (Lipinski definition) is 3. The van der Waals surface area contributed by atoms with E-state index in [2.05, 4.69) is 20.7 Å². The lowest BCUT2D eigenvalue weighted by atomic mass is 10.0. The first-order valence-corrected chi connectivity index (χ1v) is 9.12. The lowest BCUT2D eigenvalue weighted by molar-refractivity contribution is 0.185. The van der Waals surface area contributed by atoms with Gasteiger partial charge in [0.1, 0.15) is 4.90 Å². The number of halogens is 3. The van der Waals surface area contributed by atoms with Crippen molar-refractivity contribution in [2.24, 2.45) is 0 Å². The molecule has 0 unspecified atom stereocenters. The maximum Gasteiger partial charge on any atom is 0.244 e. The second kappa shape index (κ2) is 6.10. The van der Waals surface area contributed by atoms with Gasteiger partial charge in [0.2, 0.25) is 10.0 Å². The molecule has 0 bridgehead atoms. The summed E-state index contributed by atoms with van der Waals surface area (Å²) < 4.78 is 28.2. The highest BCUT2D eigenvalue weighted by Crippen LogP contribution is 2.36. The van der Waals surface area contributed by atoms with Gasteiger partial charge in [0.05, 0.1) is 22.2 Å². The molecule has 1 fully saturated rings. The highest BCUT2D eigenvalue weighted by molar-refractivity contribution is 9.10. The van der Waals surface area contributed by atoms with Gasteiger partial charge in [-0.3, -0.25) is 0 Å². The van der Waals surface area contributed by atoms with Crippen molar-refractivity contribution >= 4 is 49.2 Å². The largest absolute Gasteiger partial charge is 0.394 e. The molecule has 2 N–H and O–H groups in total. The average Bonchev–Trinajstić information content (AvgIpc) is 2.75. The third kappa shape index (κ3) is 3.31. The van der Waals surface area contributed by atoms with E-state index in [0.717, 1.165) is 12.8 Å². The Bertz CT molecular complexity index is 592. The molecule has 0 radical (unpaired) electrons. The number of hydrogen-bond donors (Lipinski definition) is 2. The number of nitrogens with one attached hydrogen (secondary N) is 1. The van der Waals surface area contributed by atoms with Crippen molar-refractivity contribution in [2.75, 3.05) is 6.61 Å². The van der Waals surface area contributed by atoms with Crippen molar-refractivity contribution in [2.45, 2.75) is 36.1 Å². The Kier molecular flexibility index (Phi) is 5.04. The number of aliphatic hydroxyl groups is 1. The lowest BCUT2D eigenvalue weighted by Gasteiger charge is -2.28. The summed E-state index contributed by atoms with van der Waals surface area (Å²) in [6.07, 6.45) is 2.97. The molecule has 0 atom stereocenters. The molecule has 0 aromatic heterocycles. The summed E-state index contributed by atoms with van der Waals surface area (Å²) in [5.41, 5.74) is -0.807. The molecule has 2 rings (SSSR count). The molecule has 0 saturated heterocycles. The van der Waals surface area contributed by atoms with Crippen LogP contribution >= 0.6 is 39.1 Å². The molecule has 1 saturated carbocycles. The molecule has 0 aliphatic heterocycles. The SMILES string of the molecule is O=S(=O)(NC1(CO)CCCC1)c1c(Cl)cc(Br)cc1Cl. The van der Waals surface area contributed by atoms with Gasteiger partial charge in [0, 0.05) is 4.47 Å². The molecule has 8 heteroatoms. The summed E-state index contributed by atoms with van der Waals surface area (Å²) >= 11 is 15.2. The molecule has 1 aromatic rings. The molecule has 0 spiro atoms. The summed E-state index contributed by atoms with van der Waals surface area (Å²) in [7, 11) is -3.89. The standard InChI is InChI=1S/C12H14BrCl2NO3S/c13-8-5-9(14)11(10(15)6-8)20(18,19)16-12(7-17)3-1-2-4-12/h5-6,16-17H,1-4,7H2. The van der Waals surface area contributed by atoms with Crippen molar-refractivity contribution in [3.05, 3.63) is 26.7 Å². The van der Waals surface area contributed by atoms with Crippen LogP contribution in [-0.2, 0) is 10.0 Å². The van der Waals surface area contributed by atoms with Crippen LogP contribution in [0.2, 0.25) is 10.0 Å². The maximum absolute atomic E-state index is 12.5. The fourth-order valence-electron chi connectivity index (χ4n) is 2.47. The van der Waals surface area contributed by atoms with Crippen LogP contribution in [0.15, 0.2) is 21.5 Å². The van der Waals surface area contributed by atoms with Crippen molar-refractivity contribution in [1.82, 2.24) is 4.72 Å². The van der Waals surface area contributed by atoms with E-state index in [4.69, 9.17) is 23.2 Å². The van der Waals surface area contributed by atoms with Gasteiger partial charge in [-0.1, -0.05) is 52.0 Å². The Labute approximate surface area is 136 Å². The number of sulfonamides is 1. The van der Waals surface area contributed by atoms with Crippen molar-refractivity contribution in [3.8, 4) is 0 Å². The van der Waals surface area contributed by atoms with Crippen LogP contribution in [0.5, 0.6) is 0 Å². The zero-order chi connectivity index (χ0) is 15.0. The van der Waals surface area contributed by atoms with Crippen LogP contribution in [0.3, 0.4) is 0 Å². The van der Waals surface area contributed by atoms with Crippen LogP contribution in [0.25, 0.3) is 0 Å². The number of rotatable bonds is 4. The van der Waals surface area contributed by atoms with Gasteiger partial charge in [0.25, 0.3) is 0 Å². The van der Waals surface area contributed by atoms with Crippen LogP contribution in [0.1, 0.15) is 25.7 Å². The van der Waals surface area contributed by atoms with E-state index in [1.54, 1.807) is 0 Å². The Balaban J connectivity index is 2.41. The Morgan fingerprint density at radius 2 is 1.75 bits per heavy atom. The molecule has 20 heavy (non-hydrogen) atoms. The smallest absolute Gasteiger partial charge is 0.244 e. The second-order valence-electron chi connectivity index (χ2n) is 4.95. The van der Waals surface area contributed by atoms with E-state index in [-0.39, 0.29) is 21.5 Å². The third-order valence-electron chi connectivity index (χ3n) is 3.45. The molecule has 1 aliphatic rings. The van der Waals surface area contributed by atoms with Crippen molar-refractivity contribution in [1.29, 1.82) is 0 Å². The summed E-state index contributed by atoms with van der Waals surface area (Å²) in [5, 5.41) is 9.60. The van der Waals surface area contributed by atoms with E-state index in [9.17, 15) is 13.5 Å². The van der Waals surface area contributed by atoms with E-state index >= 15 is 0 Å². The Hall–Kier alpha value is 0.150. The molecular formula is C12H14BrCl2NO3S. The summed E-state index contributed by atoms with van der Waals surface area (Å²) in [6.45, 7) is -0.238. The molecule has 0 amide bonds.